The van der Waals surface area contributed by atoms with Gasteiger partial charge in [0.15, 0.2) is 0 Å². The molecule has 0 aliphatic heterocycles. The molecule has 0 radical (unpaired) electrons. The van der Waals surface area contributed by atoms with E-state index in [1.807, 2.05) is 30.3 Å². The van der Waals surface area contributed by atoms with Crippen molar-refractivity contribution in [1.29, 1.82) is 0 Å². The monoisotopic (exact) mass is 316 g/mol. The number of ether oxygens (including phenoxy) is 4. The largest absolute Gasteiger partial charge is 0.496 e. The Kier molecular flexibility index (Phi) is 5.46. The van der Waals surface area contributed by atoms with Gasteiger partial charge in [0.2, 0.25) is 0 Å². The Hall–Kier alpha value is -2.69. The maximum Gasteiger partial charge on any atom is 0.317 e. The van der Waals surface area contributed by atoms with Crippen LogP contribution in [0.2, 0.25) is 0 Å². The van der Waals surface area contributed by atoms with Crippen LogP contribution in [0, 0.1) is 0 Å². The molecule has 0 aliphatic carbocycles. The third-order valence-corrected chi connectivity index (χ3v) is 3.61. The molecular weight excluding hydrogens is 296 g/mol. The van der Waals surface area contributed by atoms with Crippen LogP contribution >= 0.6 is 0 Å². The maximum atomic E-state index is 12.4. The molecule has 5 heteroatoms. The molecule has 0 fully saturated rings. The molecule has 0 amide bonds. The number of methoxy groups -OCH3 is 4. The number of hydrogen-bond acceptors (Lipinski definition) is 5. The average Bonchev–Trinajstić information content (AvgIpc) is 2.62. The summed E-state index contributed by atoms with van der Waals surface area (Å²) >= 11 is 0. The molecule has 0 bridgehead atoms. The number of hydrogen-bond donors (Lipinski definition) is 0. The SMILES string of the molecule is COC(=O)C(c1ccccc1)c1c(OC)cc(OC)cc1OC. The quantitative estimate of drug-likeness (QED) is 0.767. The highest BCUT2D eigenvalue weighted by atomic mass is 16.5. The summed E-state index contributed by atoms with van der Waals surface area (Å²) in [5.41, 5.74) is 1.40. The first-order valence-corrected chi connectivity index (χ1v) is 7.09. The van der Waals surface area contributed by atoms with Gasteiger partial charge in [-0.05, 0) is 5.56 Å². The first kappa shape index (κ1) is 16.7. The van der Waals surface area contributed by atoms with Gasteiger partial charge in [0, 0.05) is 12.1 Å². The second kappa shape index (κ2) is 7.54. The molecule has 2 aromatic rings. The number of rotatable bonds is 6. The molecule has 0 aliphatic rings. The number of benzene rings is 2. The third-order valence-electron chi connectivity index (χ3n) is 3.61. The van der Waals surface area contributed by atoms with Gasteiger partial charge in [0.25, 0.3) is 0 Å². The van der Waals surface area contributed by atoms with Crippen molar-refractivity contribution < 1.29 is 23.7 Å². The fraction of sp³-hybridized carbons (Fsp3) is 0.278. The Morgan fingerprint density at radius 2 is 1.43 bits per heavy atom. The summed E-state index contributed by atoms with van der Waals surface area (Å²) in [5.74, 6) is 0.537. The van der Waals surface area contributed by atoms with Gasteiger partial charge >= 0.3 is 5.97 Å². The average molecular weight is 316 g/mol. The lowest BCUT2D eigenvalue weighted by Gasteiger charge is -2.21. The van der Waals surface area contributed by atoms with E-state index in [1.54, 1.807) is 19.2 Å². The smallest absolute Gasteiger partial charge is 0.317 e. The standard InChI is InChI=1S/C18H20O5/c1-20-13-10-14(21-2)17(15(11-13)22-3)16(18(19)23-4)12-8-6-5-7-9-12/h5-11,16H,1-4H3. The molecule has 1 unspecified atom stereocenters. The van der Waals surface area contributed by atoms with E-state index in [9.17, 15) is 4.79 Å². The van der Waals surface area contributed by atoms with Crippen LogP contribution in [0.25, 0.3) is 0 Å². The van der Waals surface area contributed by atoms with E-state index in [2.05, 4.69) is 0 Å². The molecule has 2 aromatic carbocycles. The number of carbonyl (C=O) groups is 1. The molecule has 1 atom stereocenters. The lowest BCUT2D eigenvalue weighted by Crippen LogP contribution is -2.17. The van der Waals surface area contributed by atoms with Crippen LogP contribution in [0.4, 0.5) is 0 Å². The van der Waals surface area contributed by atoms with Crippen LogP contribution in [0.3, 0.4) is 0 Å². The van der Waals surface area contributed by atoms with Crippen LogP contribution in [0.5, 0.6) is 17.2 Å². The summed E-state index contributed by atoms with van der Waals surface area (Å²) in [6.07, 6.45) is 0. The van der Waals surface area contributed by atoms with Crippen LogP contribution in [-0.4, -0.2) is 34.4 Å². The van der Waals surface area contributed by atoms with Gasteiger partial charge in [-0.15, -0.1) is 0 Å². The van der Waals surface area contributed by atoms with E-state index >= 15 is 0 Å². The highest BCUT2D eigenvalue weighted by Gasteiger charge is 2.30. The van der Waals surface area contributed by atoms with Gasteiger partial charge in [-0.1, -0.05) is 30.3 Å². The molecule has 0 spiro atoms. The predicted octanol–water partition coefficient (Wildman–Crippen LogP) is 3.02. The van der Waals surface area contributed by atoms with Gasteiger partial charge in [0.05, 0.1) is 34.0 Å². The van der Waals surface area contributed by atoms with Gasteiger partial charge in [-0.2, -0.15) is 0 Å². The zero-order chi connectivity index (χ0) is 16.8. The summed E-state index contributed by atoms with van der Waals surface area (Å²) in [5, 5.41) is 0. The molecule has 23 heavy (non-hydrogen) atoms. The van der Waals surface area contributed by atoms with Crippen LogP contribution in [-0.2, 0) is 9.53 Å². The second-order valence-electron chi connectivity index (χ2n) is 4.81. The van der Waals surface area contributed by atoms with E-state index < -0.39 is 11.9 Å². The minimum Gasteiger partial charge on any atom is -0.496 e. The predicted molar refractivity (Wildman–Crippen MR) is 86.4 cm³/mol. The van der Waals surface area contributed by atoms with Gasteiger partial charge in [-0.3, -0.25) is 4.79 Å². The molecule has 2 rings (SSSR count). The Morgan fingerprint density at radius 3 is 1.87 bits per heavy atom. The second-order valence-corrected chi connectivity index (χ2v) is 4.81. The van der Waals surface area contributed by atoms with Crippen molar-refractivity contribution in [3.63, 3.8) is 0 Å². The van der Waals surface area contributed by atoms with Gasteiger partial charge in [-0.25, -0.2) is 0 Å². The fourth-order valence-electron chi connectivity index (χ4n) is 2.50. The van der Waals surface area contributed by atoms with E-state index in [4.69, 9.17) is 18.9 Å². The zero-order valence-electron chi connectivity index (χ0n) is 13.7. The summed E-state index contributed by atoms with van der Waals surface area (Å²) in [7, 11) is 6.00. The normalized spacial score (nSPS) is 11.5. The van der Waals surface area contributed by atoms with Crippen molar-refractivity contribution in [3.05, 3.63) is 53.6 Å². The molecule has 0 heterocycles. The van der Waals surface area contributed by atoms with Gasteiger partial charge in [0.1, 0.15) is 23.2 Å². The Labute approximate surface area is 135 Å². The summed E-state index contributed by atoms with van der Waals surface area (Å²) in [6, 6.07) is 12.8. The van der Waals surface area contributed by atoms with E-state index in [1.165, 1.54) is 21.3 Å². The topological polar surface area (TPSA) is 54.0 Å². The molecule has 0 aromatic heterocycles. The molecule has 0 N–H and O–H groups in total. The highest BCUT2D eigenvalue weighted by Crippen LogP contribution is 2.42. The lowest BCUT2D eigenvalue weighted by atomic mass is 9.89. The molecule has 5 nitrogen and oxygen atoms in total. The summed E-state index contributed by atoms with van der Waals surface area (Å²) in [6.45, 7) is 0. The number of carbonyl (C=O) groups excluding carboxylic acids is 1. The summed E-state index contributed by atoms with van der Waals surface area (Å²) in [4.78, 5) is 12.4. The van der Waals surface area contributed by atoms with Crippen molar-refractivity contribution in [2.24, 2.45) is 0 Å². The fourth-order valence-corrected chi connectivity index (χ4v) is 2.50. The molecule has 122 valence electrons. The van der Waals surface area contributed by atoms with Crippen molar-refractivity contribution in [1.82, 2.24) is 0 Å². The Morgan fingerprint density at radius 1 is 0.870 bits per heavy atom. The molecule has 0 saturated heterocycles. The summed E-state index contributed by atoms with van der Waals surface area (Å²) < 4.78 is 21.2. The zero-order valence-corrected chi connectivity index (χ0v) is 13.7. The molecular formula is C18H20O5. The van der Waals surface area contributed by atoms with Crippen LogP contribution in [0.1, 0.15) is 17.0 Å². The first-order chi connectivity index (χ1) is 11.2. The highest BCUT2D eigenvalue weighted by molar-refractivity contribution is 5.84. The maximum absolute atomic E-state index is 12.4. The van der Waals surface area contributed by atoms with E-state index in [0.717, 1.165) is 5.56 Å². The van der Waals surface area contributed by atoms with Gasteiger partial charge < -0.3 is 18.9 Å². The van der Waals surface area contributed by atoms with Crippen molar-refractivity contribution in [2.75, 3.05) is 28.4 Å². The minimum atomic E-state index is -0.656. The van der Waals surface area contributed by atoms with E-state index in [0.29, 0.717) is 22.8 Å². The van der Waals surface area contributed by atoms with Crippen LogP contribution in [0.15, 0.2) is 42.5 Å². The third kappa shape index (κ3) is 3.39. The Bertz CT molecular complexity index is 641. The van der Waals surface area contributed by atoms with Crippen LogP contribution < -0.4 is 14.2 Å². The number of esters is 1. The Balaban J connectivity index is 2.69. The first-order valence-electron chi connectivity index (χ1n) is 7.09. The van der Waals surface area contributed by atoms with Crippen molar-refractivity contribution in [2.45, 2.75) is 5.92 Å². The lowest BCUT2D eigenvalue weighted by molar-refractivity contribution is -0.141. The van der Waals surface area contributed by atoms with E-state index in [-0.39, 0.29) is 0 Å². The van der Waals surface area contributed by atoms with Crippen molar-refractivity contribution >= 4 is 5.97 Å². The minimum absolute atomic E-state index is 0.391. The molecule has 0 saturated carbocycles. The van der Waals surface area contributed by atoms with Crippen molar-refractivity contribution in [3.8, 4) is 17.2 Å².